The van der Waals surface area contributed by atoms with E-state index in [0.29, 0.717) is 38.8 Å². The highest BCUT2D eigenvalue weighted by Crippen LogP contribution is 2.19. The number of benzene rings is 1. The van der Waals surface area contributed by atoms with Crippen molar-refractivity contribution in [1.82, 2.24) is 4.90 Å². The SMILES string of the molecule is COC(=O)C1CCN(C(=O)CCc2cccc(N)c2)CC1. The predicted octanol–water partition coefficient (Wildman–Crippen LogP) is 1.61. The zero-order chi connectivity index (χ0) is 15.2. The molecule has 1 heterocycles. The number of anilines is 1. The van der Waals surface area contributed by atoms with Crippen molar-refractivity contribution in [2.24, 2.45) is 5.92 Å². The lowest BCUT2D eigenvalue weighted by Crippen LogP contribution is -2.40. The second-order valence-electron chi connectivity index (χ2n) is 5.42. The van der Waals surface area contributed by atoms with Crippen LogP contribution in [-0.4, -0.2) is 37.0 Å². The Labute approximate surface area is 125 Å². The fraction of sp³-hybridized carbons (Fsp3) is 0.500. The molecule has 5 heteroatoms. The summed E-state index contributed by atoms with van der Waals surface area (Å²) in [6, 6.07) is 7.61. The van der Waals surface area contributed by atoms with E-state index < -0.39 is 0 Å². The fourth-order valence-electron chi connectivity index (χ4n) is 2.69. The van der Waals surface area contributed by atoms with Crippen LogP contribution in [0.4, 0.5) is 5.69 Å². The van der Waals surface area contributed by atoms with Crippen molar-refractivity contribution in [3.63, 3.8) is 0 Å². The van der Waals surface area contributed by atoms with Crippen molar-refractivity contribution in [3.8, 4) is 0 Å². The van der Waals surface area contributed by atoms with Crippen LogP contribution in [0.15, 0.2) is 24.3 Å². The Bertz CT molecular complexity index is 508. The standard InChI is InChI=1S/C16H22N2O3/c1-21-16(20)13-7-9-18(10-8-13)15(19)6-5-12-3-2-4-14(17)11-12/h2-4,11,13H,5-10,17H2,1H3. The summed E-state index contributed by atoms with van der Waals surface area (Å²) in [5.74, 6) is -0.0874. The van der Waals surface area contributed by atoms with Gasteiger partial charge in [-0.15, -0.1) is 0 Å². The second-order valence-corrected chi connectivity index (χ2v) is 5.42. The summed E-state index contributed by atoms with van der Waals surface area (Å²) in [4.78, 5) is 25.5. The topological polar surface area (TPSA) is 72.6 Å². The van der Waals surface area contributed by atoms with Gasteiger partial charge in [0.15, 0.2) is 0 Å². The highest BCUT2D eigenvalue weighted by Gasteiger charge is 2.27. The van der Waals surface area contributed by atoms with Crippen LogP contribution >= 0.6 is 0 Å². The third-order valence-corrected chi connectivity index (χ3v) is 3.96. The number of hydrogen-bond donors (Lipinski definition) is 1. The molecule has 0 radical (unpaired) electrons. The van der Waals surface area contributed by atoms with Crippen LogP contribution in [0.2, 0.25) is 0 Å². The van der Waals surface area contributed by atoms with Crippen molar-refractivity contribution < 1.29 is 14.3 Å². The summed E-state index contributed by atoms with van der Waals surface area (Å²) in [7, 11) is 1.41. The van der Waals surface area contributed by atoms with E-state index in [0.717, 1.165) is 11.3 Å². The molecule has 1 amide bonds. The van der Waals surface area contributed by atoms with E-state index in [2.05, 4.69) is 0 Å². The molecule has 5 nitrogen and oxygen atoms in total. The fourth-order valence-corrected chi connectivity index (χ4v) is 2.69. The number of nitrogen functional groups attached to an aromatic ring is 1. The number of hydrogen-bond acceptors (Lipinski definition) is 4. The number of nitrogens with zero attached hydrogens (tertiary/aromatic N) is 1. The molecule has 0 unspecified atom stereocenters. The van der Waals surface area contributed by atoms with E-state index in [4.69, 9.17) is 10.5 Å². The Morgan fingerprint density at radius 1 is 1.33 bits per heavy atom. The van der Waals surface area contributed by atoms with Crippen molar-refractivity contribution in [3.05, 3.63) is 29.8 Å². The van der Waals surface area contributed by atoms with Gasteiger partial charge in [-0.3, -0.25) is 9.59 Å². The van der Waals surface area contributed by atoms with Gasteiger partial charge in [0.25, 0.3) is 0 Å². The number of ether oxygens (including phenoxy) is 1. The largest absolute Gasteiger partial charge is 0.469 e. The number of carbonyl (C=O) groups is 2. The minimum absolute atomic E-state index is 0.0621. The molecule has 1 aromatic carbocycles. The summed E-state index contributed by atoms with van der Waals surface area (Å²) in [5, 5.41) is 0. The first-order valence-corrected chi connectivity index (χ1v) is 7.30. The molecular weight excluding hydrogens is 268 g/mol. The molecule has 0 atom stereocenters. The van der Waals surface area contributed by atoms with Crippen molar-refractivity contribution >= 4 is 17.6 Å². The van der Waals surface area contributed by atoms with Crippen LogP contribution in [0.25, 0.3) is 0 Å². The Morgan fingerprint density at radius 2 is 2.05 bits per heavy atom. The van der Waals surface area contributed by atoms with Gasteiger partial charge in [-0.05, 0) is 37.0 Å². The first-order valence-electron chi connectivity index (χ1n) is 7.30. The molecule has 0 saturated carbocycles. The van der Waals surface area contributed by atoms with E-state index in [1.165, 1.54) is 7.11 Å². The Morgan fingerprint density at radius 3 is 2.67 bits per heavy atom. The van der Waals surface area contributed by atoms with E-state index in [1.54, 1.807) is 0 Å². The van der Waals surface area contributed by atoms with E-state index >= 15 is 0 Å². The molecule has 0 spiro atoms. The van der Waals surface area contributed by atoms with Gasteiger partial charge in [0.2, 0.25) is 5.91 Å². The Balaban J connectivity index is 1.78. The molecule has 2 rings (SSSR count). The lowest BCUT2D eigenvalue weighted by atomic mass is 9.96. The van der Waals surface area contributed by atoms with E-state index in [9.17, 15) is 9.59 Å². The number of carbonyl (C=O) groups excluding carboxylic acids is 2. The van der Waals surface area contributed by atoms with Gasteiger partial charge in [0.05, 0.1) is 13.0 Å². The first-order chi connectivity index (χ1) is 10.1. The number of likely N-dealkylation sites (tertiary alicyclic amines) is 1. The molecule has 1 aromatic rings. The molecule has 0 bridgehead atoms. The smallest absolute Gasteiger partial charge is 0.308 e. The van der Waals surface area contributed by atoms with Crippen molar-refractivity contribution in [2.45, 2.75) is 25.7 Å². The molecule has 1 fully saturated rings. The quantitative estimate of drug-likeness (QED) is 0.675. The third kappa shape index (κ3) is 4.21. The average Bonchev–Trinajstić information content (AvgIpc) is 2.52. The Hall–Kier alpha value is -2.04. The number of nitrogens with two attached hydrogens (primary N) is 1. The zero-order valence-electron chi connectivity index (χ0n) is 12.4. The normalized spacial score (nSPS) is 15.8. The molecule has 1 aliphatic heterocycles. The molecular formula is C16H22N2O3. The summed E-state index contributed by atoms with van der Waals surface area (Å²) in [6.07, 6.45) is 2.56. The van der Waals surface area contributed by atoms with Gasteiger partial charge in [0.1, 0.15) is 0 Å². The summed E-state index contributed by atoms with van der Waals surface area (Å²) >= 11 is 0. The molecule has 21 heavy (non-hydrogen) atoms. The molecule has 0 aliphatic carbocycles. The molecule has 0 aromatic heterocycles. The summed E-state index contributed by atoms with van der Waals surface area (Å²) in [6.45, 7) is 1.27. The summed E-state index contributed by atoms with van der Waals surface area (Å²) in [5.41, 5.74) is 7.52. The van der Waals surface area contributed by atoms with Crippen LogP contribution in [0.1, 0.15) is 24.8 Å². The monoisotopic (exact) mass is 290 g/mol. The maximum absolute atomic E-state index is 12.2. The number of aryl methyl sites for hydroxylation is 1. The van der Waals surface area contributed by atoms with E-state index in [-0.39, 0.29) is 17.8 Å². The predicted molar refractivity (Wildman–Crippen MR) is 80.5 cm³/mol. The van der Waals surface area contributed by atoms with Crippen molar-refractivity contribution in [2.75, 3.05) is 25.9 Å². The van der Waals surface area contributed by atoms with Gasteiger partial charge in [-0.1, -0.05) is 12.1 Å². The molecule has 1 aliphatic rings. The maximum atomic E-state index is 12.2. The van der Waals surface area contributed by atoms with Crippen LogP contribution in [0.5, 0.6) is 0 Å². The number of methoxy groups -OCH3 is 1. The first kappa shape index (κ1) is 15.4. The number of amides is 1. The number of esters is 1. The summed E-state index contributed by atoms with van der Waals surface area (Å²) < 4.78 is 4.75. The molecule has 1 saturated heterocycles. The number of piperidine rings is 1. The van der Waals surface area contributed by atoms with Crippen molar-refractivity contribution in [1.29, 1.82) is 0 Å². The number of rotatable bonds is 4. The molecule has 2 N–H and O–H groups in total. The lowest BCUT2D eigenvalue weighted by molar-refractivity contribution is -0.148. The van der Waals surface area contributed by atoms with Gasteiger partial charge < -0.3 is 15.4 Å². The van der Waals surface area contributed by atoms with Crippen LogP contribution in [-0.2, 0) is 20.7 Å². The average molecular weight is 290 g/mol. The Kier molecular flexibility index (Phi) is 5.20. The minimum atomic E-state index is -0.165. The highest BCUT2D eigenvalue weighted by molar-refractivity contribution is 5.77. The van der Waals surface area contributed by atoms with E-state index in [1.807, 2.05) is 29.2 Å². The van der Waals surface area contributed by atoms with Gasteiger partial charge in [-0.2, -0.15) is 0 Å². The highest BCUT2D eigenvalue weighted by atomic mass is 16.5. The van der Waals surface area contributed by atoms with Crippen LogP contribution < -0.4 is 5.73 Å². The zero-order valence-corrected chi connectivity index (χ0v) is 12.4. The minimum Gasteiger partial charge on any atom is -0.469 e. The lowest BCUT2D eigenvalue weighted by Gasteiger charge is -2.30. The second kappa shape index (κ2) is 7.11. The van der Waals surface area contributed by atoms with Gasteiger partial charge in [0, 0.05) is 25.2 Å². The van der Waals surface area contributed by atoms with Gasteiger partial charge >= 0.3 is 5.97 Å². The third-order valence-electron chi connectivity index (χ3n) is 3.96. The molecule has 114 valence electrons. The van der Waals surface area contributed by atoms with Crippen LogP contribution in [0.3, 0.4) is 0 Å². The van der Waals surface area contributed by atoms with Gasteiger partial charge in [-0.25, -0.2) is 0 Å². The van der Waals surface area contributed by atoms with Crippen LogP contribution in [0, 0.1) is 5.92 Å². The maximum Gasteiger partial charge on any atom is 0.308 e.